The predicted molar refractivity (Wildman–Crippen MR) is 264 cm³/mol. The molecule has 0 heterocycles. The average Bonchev–Trinajstić information content (AvgIpc) is 3.34. The Balaban J connectivity index is 3.51. The number of nitrogens with two attached hydrogens (primary N) is 4. The zero-order valence-electron chi connectivity index (χ0n) is 39.6. The van der Waals surface area contributed by atoms with Gasteiger partial charge in [0.2, 0.25) is 53.2 Å². The lowest BCUT2D eigenvalue weighted by atomic mass is 10.0. The van der Waals surface area contributed by atoms with Crippen molar-refractivity contribution in [2.75, 3.05) is 37.8 Å². The standard InChI is InChI=1S/C43H70N12O15S2/c44-16-6-4-10-25(48-35(61)24(46)21-71)36(62)50-27(12-14-33(47)58)39(65)54-30(19-56)41(67)52-29(18-23-8-2-1-3-9-23)40(66)51-28(13-15-34(59)60)38(64)49-26(11-5-7-17-45)37(63)53-31(20-57)42(68)55-32(22-72)43(69)70/h1-3,8-9,24-32,56-57,71-72H,4-7,10-22,44-46H2,(H2,47,58)(H,48,61)(H,49,64)(H,50,62)(H,51,66)(H,52,67)(H,53,63)(H,54,65)(H,55,68)(H,59,60)(H,69,70)/t24-,25-,26-,27-,28-,29-,30-,31-,32-/m0/s1. The molecule has 0 aliphatic heterocycles. The number of thiol groups is 2. The third-order valence-corrected chi connectivity index (χ3v) is 11.4. The number of primary amides is 1. The zero-order valence-corrected chi connectivity index (χ0v) is 41.4. The van der Waals surface area contributed by atoms with Crippen LogP contribution in [0.25, 0.3) is 0 Å². The normalized spacial score (nSPS) is 14.7. The fourth-order valence-electron chi connectivity index (χ4n) is 6.52. The van der Waals surface area contributed by atoms with Crippen molar-refractivity contribution in [3.8, 4) is 0 Å². The predicted octanol–water partition coefficient (Wildman–Crippen LogP) is -6.25. The van der Waals surface area contributed by atoms with Crippen LogP contribution in [0.2, 0.25) is 0 Å². The Morgan fingerprint density at radius 3 is 1.21 bits per heavy atom. The molecule has 0 spiro atoms. The number of carbonyl (C=O) groups excluding carboxylic acids is 9. The number of aliphatic hydroxyl groups is 2. The molecule has 0 aliphatic rings. The Morgan fingerprint density at radius 2 is 0.833 bits per heavy atom. The van der Waals surface area contributed by atoms with Gasteiger partial charge in [0.1, 0.15) is 48.3 Å². The fraction of sp³-hybridized carbons (Fsp3) is 0.605. The highest BCUT2D eigenvalue weighted by molar-refractivity contribution is 7.80. The number of carboxylic acids is 2. The van der Waals surface area contributed by atoms with E-state index in [0.717, 1.165) is 0 Å². The largest absolute Gasteiger partial charge is 0.481 e. The van der Waals surface area contributed by atoms with Crippen molar-refractivity contribution in [1.82, 2.24) is 42.5 Å². The molecule has 0 aliphatic carbocycles. The molecular formula is C43H70N12O15S2. The molecule has 0 saturated heterocycles. The van der Waals surface area contributed by atoms with Crippen LogP contribution < -0.4 is 65.5 Å². The van der Waals surface area contributed by atoms with Gasteiger partial charge in [-0.2, -0.15) is 25.3 Å². The van der Waals surface area contributed by atoms with Crippen molar-refractivity contribution in [2.24, 2.45) is 22.9 Å². The number of carbonyl (C=O) groups is 11. The third-order valence-electron chi connectivity index (χ3n) is 10.6. The van der Waals surface area contributed by atoms with E-state index < -0.39 is 158 Å². The van der Waals surface area contributed by atoms with E-state index in [9.17, 15) is 73.2 Å². The minimum atomic E-state index is -1.83. The van der Waals surface area contributed by atoms with Crippen molar-refractivity contribution < 1.29 is 73.2 Å². The van der Waals surface area contributed by atoms with Gasteiger partial charge in [0.15, 0.2) is 0 Å². The van der Waals surface area contributed by atoms with Gasteiger partial charge in [-0.05, 0) is 70.0 Å². The summed E-state index contributed by atoms with van der Waals surface area (Å²) >= 11 is 7.86. The van der Waals surface area contributed by atoms with Crippen molar-refractivity contribution in [3.63, 3.8) is 0 Å². The number of hydrogen-bond acceptors (Lipinski definition) is 18. The molecule has 0 saturated carbocycles. The third kappa shape index (κ3) is 24.3. The molecule has 1 rings (SSSR count). The highest BCUT2D eigenvalue weighted by Crippen LogP contribution is 2.10. The number of aliphatic carboxylic acids is 2. The Hall–Kier alpha value is -6.11. The summed E-state index contributed by atoms with van der Waals surface area (Å²) in [5, 5.41) is 57.9. The summed E-state index contributed by atoms with van der Waals surface area (Å²) in [6.45, 7) is -1.64. The minimum absolute atomic E-state index is 0.0581. The summed E-state index contributed by atoms with van der Waals surface area (Å²) in [6.07, 6.45) is -1.02. The van der Waals surface area contributed by atoms with Crippen LogP contribution in [-0.2, 0) is 59.2 Å². The van der Waals surface area contributed by atoms with Crippen molar-refractivity contribution in [2.45, 2.75) is 125 Å². The van der Waals surface area contributed by atoms with Gasteiger partial charge in [-0.3, -0.25) is 47.9 Å². The zero-order chi connectivity index (χ0) is 54.3. The summed E-state index contributed by atoms with van der Waals surface area (Å²) in [6, 6.07) is -5.67. The molecule has 0 radical (unpaired) electrons. The van der Waals surface area contributed by atoms with Crippen molar-refractivity contribution in [1.29, 1.82) is 0 Å². The number of aliphatic hydroxyl groups excluding tert-OH is 2. The lowest BCUT2D eigenvalue weighted by Crippen LogP contribution is -2.61. The summed E-state index contributed by atoms with van der Waals surface area (Å²) < 4.78 is 0. The van der Waals surface area contributed by atoms with E-state index in [0.29, 0.717) is 24.8 Å². The second-order valence-electron chi connectivity index (χ2n) is 16.4. The second kappa shape index (κ2) is 35.1. The van der Waals surface area contributed by atoms with Crippen LogP contribution in [-0.4, -0.2) is 178 Å². The van der Waals surface area contributed by atoms with Crippen LogP contribution in [0.5, 0.6) is 0 Å². The molecule has 20 N–H and O–H groups in total. The first-order valence-electron chi connectivity index (χ1n) is 22.9. The van der Waals surface area contributed by atoms with Gasteiger partial charge in [0, 0.05) is 30.8 Å². The van der Waals surface area contributed by atoms with Gasteiger partial charge in [0.25, 0.3) is 0 Å². The number of benzene rings is 1. The number of carboxylic acid groups (broad SMARTS) is 2. The van der Waals surface area contributed by atoms with E-state index in [1.807, 2.05) is 0 Å². The summed E-state index contributed by atoms with van der Waals surface area (Å²) in [5.74, 6) is -12.2. The Bertz CT molecular complexity index is 1980. The Kier molecular flexibility index (Phi) is 31.1. The van der Waals surface area contributed by atoms with Crippen LogP contribution in [0.15, 0.2) is 30.3 Å². The highest BCUT2D eigenvalue weighted by Gasteiger charge is 2.35. The molecule has 0 unspecified atom stereocenters. The maximum atomic E-state index is 14.1. The Morgan fingerprint density at radius 1 is 0.472 bits per heavy atom. The lowest BCUT2D eigenvalue weighted by molar-refractivity contribution is -0.142. The Labute approximate surface area is 426 Å². The van der Waals surface area contributed by atoms with E-state index in [2.05, 4.69) is 67.8 Å². The lowest BCUT2D eigenvalue weighted by Gasteiger charge is -2.27. The molecule has 0 fully saturated rings. The highest BCUT2D eigenvalue weighted by atomic mass is 32.1. The molecule has 27 nitrogen and oxygen atoms in total. The molecule has 404 valence electrons. The molecule has 9 amide bonds. The smallest absolute Gasteiger partial charge is 0.327 e. The van der Waals surface area contributed by atoms with Crippen LogP contribution in [0, 0.1) is 0 Å². The van der Waals surface area contributed by atoms with Gasteiger partial charge < -0.3 is 85.9 Å². The molecule has 1 aromatic carbocycles. The first-order chi connectivity index (χ1) is 34.2. The van der Waals surface area contributed by atoms with Crippen LogP contribution in [0.4, 0.5) is 0 Å². The van der Waals surface area contributed by atoms with Crippen molar-refractivity contribution in [3.05, 3.63) is 35.9 Å². The summed E-state index contributed by atoms with van der Waals surface area (Å²) in [5.41, 5.74) is 22.8. The number of amides is 9. The monoisotopic (exact) mass is 1060 g/mol. The van der Waals surface area contributed by atoms with Gasteiger partial charge >= 0.3 is 11.9 Å². The number of unbranched alkanes of at least 4 members (excludes halogenated alkanes) is 2. The van der Waals surface area contributed by atoms with Crippen LogP contribution in [0.3, 0.4) is 0 Å². The summed E-state index contributed by atoms with van der Waals surface area (Å²) in [4.78, 5) is 143. The molecule has 1 aromatic rings. The molecule has 29 heteroatoms. The van der Waals surface area contributed by atoms with E-state index in [-0.39, 0.29) is 50.3 Å². The summed E-state index contributed by atoms with van der Waals surface area (Å²) in [7, 11) is 0. The molecular weight excluding hydrogens is 989 g/mol. The maximum Gasteiger partial charge on any atom is 0.327 e. The maximum absolute atomic E-state index is 14.1. The van der Waals surface area contributed by atoms with E-state index >= 15 is 0 Å². The van der Waals surface area contributed by atoms with E-state index in [1.165, 1.54) is 0 Å². The van der Waals surface area contributed by atoms with Gasteiger partial charge in [-0.1, -0.05) is 30.3 Å². The fourth-order valence-corrected chi connectivity index (χ4v) is 6.93. The topological polar surface area (TPSA) is 469 Å². The van der Waals surface area contributed by atoms with Crippen molar-refractivity contribution >= 4 is 90.4 Å². The first-order valence-corrected chi connectivity index (χ1v) is 24.2. The van der Waals surface area contributed by atoms with E-state index in [1.54, 1.807) is 30.3 Å². The second-order valence-corrected chi connectivity index (χ2v) is 17.1. The van der Waals surface area contributed by atoms with Crippen LogP contribution in [0.1, 0.15) is 69.8 Å². The molecule has 0 aromatic heterocycles. The number of hydrogen-bond donors (Lipinski definition) is 18. The number of rotatable bonds is 37. The minimum Gasteiger partial charge on any atom is -0.481 e. The van der Waals surface area contributed by atoms with Crippen LogP contribution >= 0.6 is 25.3 Å². The molecule has 9 atom stereocenters. The average molecular weight is 1060 g/mol. The first kappa shape index (κ1) is 63.9. The molecule has 0 bridgehead atoms. The van der Waals surface area contributed by atoms with E-state index in [4.69, 9.17) is 22.9 Å². The van der Waals surface area contributed by atoms with Gasteiger partial charge in [-0.25, -0.2) is 4.79 Å². The number of nitrogens with one attached hydrogen (secondary N) is 8. The quantitative estimate of drug-likeness (QED) is 0.0218. The van der Waals surface area contributed by atoms with Gasteiger partial charge in [-0.15, -0.1) is 0 Å². The SMILES string of the molecule is NCCCC[C@H](NC(=O)[C@H](CCC(=O)O)NC(=O)[C@H](Cc1ccccc1)NC(=O)[C@H](CO)NC(=O)[C@H](CCC(N)=O)NC(=O)[C@H](CCCCN)NC(=O)[C@@H](N)CS)C(=O)N[C@@H](CO)C(=O)N[C@@H](CS)C(=O)O. The molecule has 72 heavy (non-hydrogen) atoms. The van der Waals surface area contributed by atoms with Gasteiger partial charge in [0.05, 0.1) is 19.3 Å².